The molecule has 0 unspecified atom stereocenters. The van der Waals surface area contributed by atoms with E-state index in [2.05, 4.69) is 0 Å². The molecule has 3 amide bonds. The van der Waals surface area contributed by atoms with E-state index in [9.17, 15) is 23.2 Å². The summed E-state index contributed by atoms with van der Waals surface area (Å²) in [5.41, 5.74) is 0.303. The molecule has 1 saturated heterocycles. The number of rotatable bonds is 4. The smallest absolute Gasteiger partial charge is 0.264 e. The first-order valence-corrected chi connectivity index (χ1v) is 9.39. The first-order chi connectivity index (χ1) is 14.0. The van der Waals surface area contributed by atoms with Gasteiger partial charge in [-0.25, -0.2) is 8.78 Å². The fourth-order valence-corrected chi connectivity index (χ4v) is 3.77. The summed E-state index contributed by atoms with van der Waals surface area (Å²) in [6.07, 6.45) is -0.0349. The van der Waals surface area contributed by atoms with Crippen LogP contribution in [-0.2, 0) is 4.79 Å². The molecule has 150 valence electrons. The standard InChI is InChI=1S/C21H19F2N3O3/c22-15-5-1-2-7-17(15)24-10-12-25(13-11-24)18(27)8-9-26-20(28)14-4-3-6-16(23)19(14)21(26)29/h1-7H,8-13H2. The maximum Gasteiger partial charge on any atom is 0.264 e. The third-order valence-electron chi connectivity index (χ3n) is 5.32. The van der Waals surface area contributed by atoms with Crippen LogP contribution in [0, 0.1) is 11.6 Å². The zero-order valence-electron chi connectivity index (χ0n) is 15.6. The quantitative estimate of drug-likeness (QED) is 0.741. The third kappa shape index (κ3) is 3.46. The zero-order valence-corrected chi connectivity index (χ0v) is 15.6. The number of halogens is 2. The fraction of sp³-hybridized carbons (Fsp3) is 0.286. The molecule has 0 saturated carbocycles. The minimum Gasteiger partial charge on any atom is -0.366 e. The molecule has 0 bridgehead atoms. The molecule has 0 aromatic heterocycles. The summed E-state index contributed by atoms with van der Waals surface area (Å²) in [7, 11) is 0. The summed E-state index contributed by atoms with van der Waals surface area (Å²) in [6.45, 7) is 1.72. The maximum atomic E-state index is 13.9. The van der Waals surface area contributed by atoms with Crippen LogP contribution in [-0.4, -0.2) is 60.2 Å². The Bertz CT molecular complexity index is 987. The summed E-state index contributed by atoms with van der Waals surface area (Å²) in [5, 5.41) is 0. The van der Waals surface area contributed by atoms with E-state index in [1.165, 1.54) is 18.2 Å². The molecule has 2 aliphatic rings. The Kier molecular flexibility index (Phi) is 5.00. The van der Waals surface area contributed by atoms with Crippen LogP contribution in [0.3, 0.4) is 0 Å². The normalized spacial score (nSPS) is 16.4. The second-order valence-corrected chi connectivity index (χ2v) is 6.99. The van der Waals surface area contributed by atoms with E-state index in [0.29, 0.717) is 31.9 Å². The summed E-state index contributed by atoms with van der Waals surface area (Å²) >= 11 is 0. The highest BCUT2D eigenvalue weighted by atomic mass is 19.1. The molecule has 29 heavy (non-hydrogen) atoms. The number of piperazine rings is 1. The Morgan fingerprint density at radius 1 is 0.862 bits per heavy atom. The van der Waals surface area contributed by atoms with Crippen molar-refractivity contribution in [3.8, 4) is 0 Å². The van der Waals surface area contributed by atoms with Gasteiger partial charge in [0, 0.05) is 39.1 Å². The number of nitrogens with zero attached hydrogens (tertiary/aromatic N) is 3. The van der Waals surface area contributed by atoms with Gasteiger partial charge in [0.05, 0.1) is 16.8 Å². The Labute approximate surface area is 166 Å². The van der Waals surface area contributed by atoms with Crippen molar-refractivity contribution in [3.63, 3.8) is 0 Å². The predicted molar refractivity (Wildman–Crippen MR) is 102 cm³/mol. The Morgan fingerprint density at radius 3 is 2.24 bits per heavy atom. The zero-order chi connectivity index (χ0) is 20.5. The molecule has 6 nitrogen and oxygen atoms in total. The molecular formula is C21H19F2N3O3. The van der Waals surface area contributed by atoms with Gasteiger partial charge in [0.1, 0.15) is 11.6 Å². The monoisotopic (exact) mass is 399 g/mol. The maximum absolute atomic E-state index is 13.9. The molecule has 2 aliphatic heterocycles. The van der Waals surface area contributed by atoms with Crippen LogP contribution < -0.4 is 4.90 Å². The van der Waals surface area contributed by atoms with Gasteiger partial charge in [-0.1, -0.05) is 18.2 Å². The Balaban J connectivity index is 1.33. The van der Waals surface area contributed by atoms with Crippen LogP contribution in [0.2, 0.25) is 0 Å². The molecule has 1 fully saturated rings. The SMILES string of the molecule is O=C(CCN1C(=O)c2cccc(F)c2C1=O)N1CCN(c2ccccc2F)CC1. The number of hydrogen-bond acceptors (Lipinski definition) is 4. The minimum atomic E-state index is -0.737. The van der Waals surface area contributed by atoms with Gasteiger partial charge in [-0.3, -0.25) is 19.3 Å². The molecule has 0 radical (unpaired) electrons. The van der Waals surface area contributed by atoms with Gasteiger partial charge in [0.2, 0.25) is 5.91 Å². The van der Waals surface area contributed by atoms with E-state index >= 15 is 0 Å². The molecule has 4 rings (SSSR count). The number of anilines is 1. The van der Waals surface area contributed by atoms with Crippen LogP contribution in [0.1, 0.15) is 27.1 Å². The van der Waals surface area contributed by atoms with E-state index in [4.69, 9.17) is 0 Å². The van der Waals surface area contributed by atoms with Gasteiger partial charge in [0.15, 0.2) is 0 Å². The predicted octanol–water partition coefficient (Wildman–Crippen LogP) is 2.30. The topological polar surface area (TPSA) is 60.9 Å². The summed E-state index contributed by atoms with van der Waals surface area (Å²) < 4.78 is 27.8. The molecule has 2 aromatic rings. The highest BCUT2D eigenvalue weighted by Gasteiger charge is 2.38. The highest BCUT2D eigenvalue weighted by Crippen LogP contribution is 2.25. The number of imide groups is 1. The molecule has 0 spiro atoms. The number of fused-ring (bicyclic) bond motifs is 1. The number of carbonyl (C=O) groups excluding carboxylic acids is 3. The van der Waals surface area contributed by atoms with Crippen molar-refractivity contribution in [2.75, 3.05) is 37.6 Å². The molecule has 0 aliphatic carbocycles. The third-order valence-corrected chi connectivity index (χ3v) is 5.32. The lowest BCUT2D eigenvalue weighted by atomic mass is 10.1. The Morgan fingerprint density at radius 2 is 1.55 bits per heavy atom. The van der Waals surface area contributed by atoms with Gasteiger partial charge in [-0.15, -0.1) is 0 Å². The Hall–Kier alpha value is -3.29. The van der Waals surface area contributed by atoms with Crippen molar-refractivity contribution >= 4 is 23.4 Å². The lowest BCUT2D eigenvalue weighted by molar-refractivity contribution is -0.131. The van der Waals surface area contributed by atoms with Crippen molar-refractivity contribution in [1.29, 1.82) is 0 Å². The van der Waals surface area contributed by atoms with Gasteiger partial charge in [-0.05, 0) is 24.3 Å². The van der Waals surface area contributed by atoms with Gasteiger partial charge < -0.3 is 9.80 Å². The van der Waals surface area contributed by atoms with Crippen LogP contribution in [0.5, 0.6) is 0 Å². The average Bonchev–Trinajstić information content (AvgIpc) is 2.98. The largest absolute Gasteiger partial charge is 0.366 e. The van der Waals surface area contributed by atoms with Crippen molar-refractivity contribution in [2.45, 2.75) is 6.42 Å². The summed E-state index contributed by atoms with van der Waals surface area (Å²) in [6, 6.07) is 10.4. The second kappa shape index (κ2) is 7.62. The van der Waals surface area contributed by atoms with Crippen LogP contribution in [0.4, 0.5) is 14.5 Å². The van der Waals surface area contributed by atoms with Crippen molar-refractivity contribution < 1.29 is 23.2 Å². The van der Waals surface area contributed by atoms with E-state index in [1.807, 2.05) is 4.90 Å². The van der Waals surface area contributed by atoms with Gasteiger partial charge in [-0.2, -0.15) is 0 Å². The fourth-order valence-electron chi connectivity index (χ4n) is 3.77. The molecule has 8 heteroatoms. The van der Waals surface area contributed by atoms with Crippen LogP contribution in [0.25, 0.3) is 0 Å². The van der Waals surface area contributed by atoms with Crippen molar-refractivity contribution in [3.05, 3.63) is 65.2 Å². The first-order valence-electron chi connectivity index (χ1n) is 9.39. The van der Waals surface area contributed by atoms with E-state index in [0.717, 1.165) is 11.0 Å². The number of hydrogen-bond donors (Lipinski definition) is 0. The summed E-state index contributed by atoms with van der Waals surface area (Å²) in [4.78, 5) is 41.7. The van der Waals surface area contributed by atoms with E-state index in [1.54, 1.807) is 23.1 Å². The van der Waals surface area contributed by atoms with Gasteiger partial charge in [0.25, 0.3) is 11.8 Å². The number of para-hydroxylation sites is 1. The van der Waals surface area contributed by atoms with Gasteiger partial charge >= 0.3 is 0 Å². The lowest BCUT2D eigenvalue weighted by Crippen LogP contribution is -2.49. The molecule has 0 atom stereocenters. The molecule has 0 N–H and O–H groups in total. The molecule has 2 heterocycles. The number of benzene rings is 2. The molecule has 2 aromatic carbocycles. The van der Waals surface area contributed by atoms with Crippen molar-refractivity contribution in [1.82, 2.24) is 9.80 Å². The van der Waals surface area contributed by atoms with Crippen LogP contribution >= 0.6 is 0 Å². The highest BCUT2D eigenvalue weighted by molar-refractivity contribution is 6.21. The van der Waals surface area contributed by atoms with Crippen LogP contribution in [0.15, 0.2) is 42.5 Å². The number of carbonyl (C=O) groups is 3. The van der Waals surface area contributed by atoms with E-state index < -0.39 is 17.6 Å². The lowest BCUT2D eigenvalue weighted by Gasteiger charge is -2.36. The minimum absolute atomic E-state index is 0.0287. The second-order valence-electron chi connectivity index (χ2n) is 6.99. The average molecular weight is 399 g/mol. The first kappa shape index (κ1) is 19.0. The van der Waals surface area contributed by atoms with E-state index in [-0.39, 0.29) is 35.8 Å². The number of amides is 3. The molecular weight excluding hydrogens is 380 g/mol. The van der Waals surface area contributed by atoms with Crippen molar-refractivity contribution in [2.24, 2.45) is 0 Å². The summed E-state index contributed by atoms with van der Waals surface area (Å²) in [5.74, 6) is -2.53.